The predicted molar refractivity (Wildman–Crippen MR) is 89.6 cm³/mol. The third-order valence-corrected chi connectivity index (χ3v) is 4.36. The van der Waals surface area contributed by atoms with Crippen LogP contribution in [0.4, 0.5) is 0 Å². The summed E-state index contributed by atoms with van der Waals surface area (Å²) in [5.41, 5.74) is 3.71. The fourth-order valence-corrected chi connectivity index (χ4v) is 3.08. The molecule has 0 bridgehead atoms. The van der Waals surface area contributed by atoms with Crippen LogP contribution in [0.3, 0.4) is 0 Å². The van der Waals surface area contributed by atoms with Gasteiger partial charge in [-0.25, -0.2) is 0 Å². The normalized spacial score (nSPS) is 11.2. The van der Waals surface area contributed by atoms with Crippen LogP contribution in [-0.4, -0.2) is 9.88 Å². The number of hydrogen-bond acceptors (Lipinski definition) is 4. The maximum Gasteiger partial charge on any atom is 0.117 e. The van der Waals surface area contributed by atoms with Crippen molar-refractivity contribution in [2.45, 2.75) is 33.0 Å². The first kappa shape index (κ1) is 15.0. The van der Waals surface area contributed by atoms with Gasteiger partial charge >= 0.3 is 0 Å². The van der Waals surface area contributed by atoms with Crippen LogP contribution in [0.5, 0.6) is 0 Å². The van der Waals surface area contributed by atoms with E-state index in [-0.39, 0.29) is 0 Å². The highest BCUT2D eigenvalue weighted by molar-refractivity contribution is 7.07. The van der Waals surface area contributed by atoms with E-state index >= 15 is 0 Å². The fourth-order valence-electron chi connectivity index (χ4n) is 2.42. The predicted octanol–water partition coefficient (Wildman–Crippen LogP) is 4.50. The number of rotatable bonds is 7. The van der Waals surface area contributed by atoms with E-state index in [1.165, 1.54) is 11.1 Å². The van der Waals surface area contributed by atoms with Crippen LogP contribution in [0.1, 0.15) is 29.5 Å². The van der Waals surface area contributed by atoms with Crippen molar-refractivity contribution in [1.29, 1.82) is 0 Å². The fraction of sp³-hybridized carbons (Fsp3) is 0.278. The average molecular weight is 312 g/mol. The lowest BCUT2D eigenvalue weighted by atomic mass is 10.2. The molecule has 0 N–H and O–H groups in total. The zero-order chi connectivity index (χ0) is 15.2. The third-order valence-electron chi connectivity index (χ3n) is 3.63. The van der Waals surface area contributed by atoms with Gasteiger partial charge in [-0.05, 0) is 52.6 Å². The number of nitrogens with zero attached hydrogens (tertiary/aromatic N) is 2. The molecule has 3 nitrogen and oxygen atoms in total. The molecular formula is C18H20N2OS. The zero-order valence-corrected chi connectivity index (χ0v) is 13.6. The highest BCUT2D eigenvalue weighted by Crippen LogP contribution is 2.15. The summed E-state index contributed by atoms with van der Waals surface area (Å²) in [6.45, 7) is 4.67. The van der Waals surface area contributed by atoms with E-state index in [1.54, 1.807) is 17.6 Å². The summed E-state index contributed by atoms with van der Waals surface area (Å²) in [6.07, 6.45) is 4.73. The summed E-state index contributed by atoms with van der Waals surface area (Å²) >= 11 is 1.74. The highest BCUT2D eigenvalue weighted by atomic mass is 32.1. The van der Waals surface area contributed by atoms with Crippen molar-refractivity contribution in [1.82, 2.24) is 9.88 Å². The van der Waals surface area contributed by atoms with E-state index in [2.05, 4.69) is 45.8 Å². The molecule has 4 heteroatoms. The van der Waals surface area contributed by atoms with E-state index in [0.29, 0.717) is 0 Å². The molecule has 3 aromatic heterocycles. The lowest BCUT2D eigenvalue weighted by Crippen LogP contribution is -2.22. The molecular weight excluding hydrogens is 292 g/mol. The number of aromatic nitrogens is 1. The number of thiophene rings is 1. The van der Waals surface area contributed by atoms with Crippen LogP contribution in [0, 0.1) is 0 Å². The SMILES string of the molecule is CCc1ccc(CN(Cc2ccsc2)Cc2ccco2)nc1. The zero-order valence-electron chi connectivity index (χ0n) is 12.7. The van der Waals surface area contributed by atoms with Crippen molar-refractivity contribution in [2.75, 3.05) is 0 Å². The Morgan fingerprint density at radius 3 is 2.68 bits per heavy atom. The molecule has 0 aliphatic rings. The Balaban J connectivity index is 1.71. The number of hydrogen-bond donors (Lipinski definition) is 0. The lowest BCUT2D eigenvalue weighted by molar-refractivity contribution is 0.224. The minimum Gasteiger partial charge on any atom is -0.468 e. The molecule has 22 heavy (non-hydrogen) atoms. The molecule has 0 amide bonds. The van der Waals surface area contributed by atoms with Crippen molar-refractivity contribution in [3.8, 4) is 0 Å². The Morgan fingerprint density at radius 1 is 1.09 bits per heavy atom. The quantitative estimate of drug-likeness (QED) is 0.643. The second-order valence-corrected chi connectivity index (χ2v) is 6.15. The van der Waals surface area contributed by atoms with E-state index in [0.717, 1.165) is 37.5 Å². The van der Waals surface area contributed by atoms with Gasteiger partial charge in [0, 0.05) is 19.3 Å². The summed E-state index contributed by atoms with van der Waals surface area (Å²) < 4.78 is 5.50. The van der Waals surface area contributed by atoms with Crippen LogP contribution in [0.25, 0.3) is 0 Å². The standard InChI is InChI=1S/C18H20N2OS/c1-2-15-5-6-17(19-10-15)12-20(11-16-7-9-22-14-16)13-18-4-3-8-21-18/h3-10,14H,2,11-13H2,1H3. The molecule has 0 radical (unpaired) electrons. The van der Waals surface area contributed by atoms with Crippen LogP contribution in [0.15, 0.2) is 58.0 Å². The van der Waals surface area contributed by atoms with Gasteiger partial charge in [0.05, 0.1) is 18.5 Å². The van der Waals surface area contributed by atoms with Gasteiger partial charge in [0.25, 0.3) is 0 Å². The molecule has 0 unspecified atom stereocenters. The minimum atomic E-state index is 0.792. The average Bonchev–Trinajstić information content (AvgIpc) is 3.22. The minimum absolute atomic E-state index is 0.792. The molecule has 3 heterocycles. The summed E-state index contributed by atoms with van der Waals surface area (Å²) in [6, 6.07) is 10.4. The molecule has 0 saturated carbocycles. The van der Waals surface area contributed by atoms with Gasteiger partial charge < -0.3 is 4.42 Å². The molecule has 0 spiro atoms. The Hall–Kier alpha value is -1.91. The van der Waals surface area contributed by atoms with Crippen molar-refractivity contribution >= 4 is 11.3 Å². The number of aryl methyl sites for hydroxylation is 1. The van der Waals surface area contributed by atoms with E-state index in [1.807, 2.05) is 18.3 Å². The molecule has 0 atom stereocenters. The van der Waals surface area contributed by atoms with Crippen LogP contribution in [0.2, 0.25) is 0 Å². The summed E-state index contributed by atoms with van der Waals surface area (Å²) in [7, 11) is 0. The van der Waals surface area contributed by atoms with Gasteiger partial charge in [0.2, 0.25) is 0 Å². The van der Waals surface area contributed by atoms with Crippen LogP contribution < -0.4 is 0 Å². The Morgan fingerprint density at radius 2 is 2.05 bits per heavy atom. The molecule has 0 aliphatic carbocycles. The number of pyridine rings is 1. The molecule has 0 aliphatic heterocycles. The van der Waals surface area contributed by atoms with Crippen molar-refractivity contribution in [2.24, 2.45) is 0 Å². The third kappa shape index (κ3) is 4.06. The monoisotopic (exact) mass is 312 g/mol. The molecule has 3 rings (SSSR count). The molecule has 0 aromatic carbocycles. The van der Waals surface area contributed by atoms with Gasteiger partial charge in [-0.2, -0.15) is 11.3 Å². The lowest BCUT2D eigenvalue weighted by Gasteiger charge is -2.20. The van der Waals surface area contributed by atoms with Crippen molar-refractivity contribution < 1.29 is 4.42 Å². The summed E-state index contributed by atoms with van der Waals surface area (Å²) in [5.74, 6) is 0.986. The first-order valence-corrected chi connectivity index (χ1v) is 8.47. The summed E-state index contributed by atoms with van der Waals surface area (Å²) in [4.78, 5) is 6.93. The topological polar surface area (TPSA) is 29.3 Å². The first-order chi connectivity index (χ1) is 10.8. The Labute approximate surface area is 135 Å². The maximum absolute atomic E-state index is 5.50. The summed E-state index contributed by atoms with van der Waals surface area (Å²) in [5, 5.41) is 4.32. The Kier molecular flexibility index (Phi) is 5.03. The van der Waals surface area contributed by atoms with Crippen molar-refractivity contribution in [3.63, 3.8) is 0 Å². The maximum atomic E-state index is 5.50. The second-order valence-electron chi connectivity index (χ2n) is 5.37. The second kappa shape index (κ2) is 7.38. The molecule has 114 valence electrons. The number of furan rings is 1. The van der Waals surface area contributed by atoms with Gasteiger partial charge in [-0.15, -0.1) is 0 Å². The van der Waals surface area contributed by atoms with Crippen LogP contribution in [-0.2, 0) is 26.1 Å². The van der Waals surface area contributed by atoms with Gasteiger partial charge in [-0.1, -0.05) is 13.0 Å². The highest BCUT2D eigenvalue weighted by Gasteiger charge is 2.11. The van der Waals surface area contributed by atoms with E-state index in [4.69, 9.17) is 4.42 Å². The van der Waals surface area contributed by atoms with Gasteiger partial charge in [-0.3, -0.25) is 9.88 Å². The molecule has 0 fully saturated rings. The first-order valence-electron chi connectivity index (χ1n) is 7.53. The molecule has 3 aromatic rings. The molecule has 0 saturated heterocycles. The smallest absolute Gasteiger partial charge is 0.117 e. The van der Waals surface area contributed by atoms with Crippen molar-refractivity contribution in [3.05, 3.63) is 76.1 Å². The largest absolute Gasteiger partial charge is 0.468 e. The van der Waals surface area contributed by atoms with Gasteiger partial charge in [0.1, 0.15) is 5.76 Å². The van der Waals surface area contributed by atoms with E-state index < -0.39 is 0 Å². The van der Waals surface area contributed by atoms with E-state index in [9.17, 15) is 0 Å². The Bertz CT molecular complexity index is 623. The van der Waals surface area contributed by atoms with Gasteiger partial charge in [0.15, 0.2) is 0 Å². The van der Waals surface area contributed by atoms with Crippen LogP contribution >= 0.6 is 11.3 Å².